The highest BCUT2D eigenvalue weighted by atomic mass is 35.5. The molecule has 3 rings (SSSR count). The highest BCUT2D eigenvalue weighted by Gasteiger charge is 2.22. The number of anilines is 2. The number of halogens is 1. The molecule has 1 aromatic carbocycles. The predicted octanol–water partition coefficient (Wildman–Crippen LogP) is 2.96. The van der Waals surface area contributed by atoms with Gasteiger partial charge in [-0.3, -0.25) is 4.79 Å². The molecule has 0 saturated carbocycles. The lowest BCUT2D eigenvalue weighted by atomic mass is 10.2. The van der Waals surface area contributed by atoms with E-state index < -0.39 is 0 Å². The van der Waals surface area contributed by atoms with Gasteiger partial charge in [0.25, 0.3) is 5.91 Å². The van der Waals surface area contributed by atoms with E-state index in [2.05, 4.69) is 27.1 Å². The number of aromatic nitrogens is 2. The summed E-state index contributed by atoms with van der Waals surface area (Å²) in [6.45, 7) is 8.39. The summed E-state index contributed by atoms with van der Waals surface area (Å²) < 4.78 is 0. The van der Waals surface area contributed by atoms with Crippen LogP contribution in [0.2, 0.25) is 5.02 Å². The lowest BCUT2D eigenvalue weighted by Gasteiger charge is -2.33. The van der Waals surface area contributed by atoms with Gasteiger partial charge in [0.2, 0.25) is 5.95 Å². The maximum atomic E-state index is 12.7. The zero-order chi connectivity index (χ0) is 17.8. The monoisotopic (exact) mass is 359 g/mol. The van der Waals surface area contributed by atoms with Crippen molar-refractivity contribution in [2.45, 2.75) is 13.8 Å². The Bertz CT molecular complexity index is 759. The molecule has 1 fully saturated rings. The van der Waals surface area contributed by atoms with Crippen molar-refractivity contribution in [2.24, 2.45) is 0 Å². The number of nitrogens with zero attached hydrogens (tertiary/aromatic N) is 4. The van der Waals surface area contributed by atoms with Gasteiger partial charge in [0.05, 0.1) is 0 Å². The van der Waals surface area contributed by atoms with Gasteiger partial charge >= 0.3 is 0 Å². The van der Waals surface area contributed by atoms with Crippen molar-refractivity contribution in [1.29, 1.82) is 0 Å². The van der Waals surface area contributed by atoms with Crippen molar-refractivity contribution < 1.29 is 4.79 Å². The molecule has 0 aliphatic carbocycles. The van der Waals surface area contributed by atoms with Gasteiger partial charge in [0, 0.05) is 43.1 Å². The van der Waals surface area contributed by atoms with Gasteiger partial charge < -0.3 is 15.1 Å². The van der Waals surface area contributed by atoms with Crippen molar-refractivity contribution in [3.8, 4) is 0 Å². The Morgan fingerprint density at radius 2 is 2.00 bits per heavy atom. The molecule has 1 aliphatic heterocycles. The summed E-state index contributed by atoms with van der Waals surface area (Å²) >= 11 is 6.04. The lowest BCUT2D eigenvalue weighted by molar-refractivity contribution is 0.0637. The number of benzene rings is 1. The molecule has 6 nitrogen and oxygen atoms in total. The van der Waals surface area contributed by atoms with Gasteiger partial charge in [-0.2, -0.15) is 0 Å². The van der Waals surface area contributed by atoms with Crippen molar-refractivity contribution in [2.75, 3.05) is 38.0 Å². The normalized spacial score (nSPS) is 15.2. The Labute approximate surface area is 152 Å². The minimum absolute atomic E-state index is 0.0518. The quantitative estimate of drug-likeness (QED) is 0.909. The largest absolute Gasteiger partial charge is 0.335 e. The molecule has 1 aromatic heterocycles. The zero-order valence-electron chi connectivity index (χ0n) is 14.5. The number of hydrogen-bond donors (Lipinski definition) is 1. The number of piperazine rings is 1. The molecule has 1 N–H and O–H groups in total. The summed E-state index contributed by atoms with van der Waals surface area (Å²) in [7, 11) is 0. The van der Waals surface area contributed by atoms with Crippen molar-refractivity contribution in [3.63, 3.8) is 0 Å². The van der Waals surface area contributed by atoms with Crippen LogP contribution in [0.5, 0.6) is 0 Å². The molecule has 0 spiro atoms. The Balaban J connectivity index is 1.73. The summed E-state index contributed by atoms with van der Waals surface area (Å²) in [5, 5.41) is 3.78. The Hall–Kier alpha value is -2.18. The molecule has 132 valence electrons. The number of amides is 1. The summed E-state index contributed by atoms with van der Waals surface area (Å²) in [5.41, 5.74) is 2.26. The summed E-state index contributed by atoms with van der Waals surface area (Å²) in [6, 6.07) is 7.23. The second-order valence-electron chi connectivity index (χ2n) is 6.08. The highest BCUT2D eigenvalue weighted by Crippen LogP contribution is 2.22. The molecule has 1 saturated heterocycles. The summed E-state index contributed by atoms with van der Waals surface area (Å²) in [6.07, 6.45) is 1.60. The lowest BCUT2D eigenvalue weighted by Crippen LogP contribution is -2.48. The first-order valence-corrected chi connectivity index (χ1v) is 8.82. The summed E-state index contributed by atoms with van der Waals surface area (Å²) in [5.74, 6) is 0.340. The molecule has 1 amide bonds. The standard InChI is InChI=1S/C18H22ClN5O/c1-3-23-8-10-24(11-9-23)17(25)15-6-7-20-18(21-15)22-16-12-14(19)5-4-13(16)2/h4-7,12H,3,8-11H2,1-2H3,(H,20,21,22). The number of aryl methyl sites for hydroxylation is 1. The SMILES string of the molecule is CCN1CCN(C(=O)c2ccnc(Nc3cc(Cl)ccc3C)n2)CC1. The van der Waals surface area contributed by atoms with E-state index in [4.69, 9.17) is 11.6 Å². The average molecular weight is 360 g/mol. The van der Waals surface area contributed by atoms with Crippen LogP contribution in [-0.4, -0.2) is 58.4 Å². The first-order valence-electron chi connectivity index (χ1n) is 8.44. The molecular weight excluding hydrogens is 338 g/mol. The molecule has 1 aliphatic rings. The average Bonchev–Trinajstić information content (AvgIpc) is 2.64. The Morgan fingerprint density at radius 1 is 1.24 bits per heavy atom. The van der Waals surface area contributed by atoms with E-state index in [-0.39, 0.29) is 5.91 Å². The van der Waals surface area contributed by atoms with E-state index >= 15 is 0 Å². The van der Waals surface area contributed by atoms with Crippen LogP contribution in [0.1, 0.15) is 23.0 Å². The molecule has 0 radical (unpaired) electrons. The van der Waals surface area contributed by atoms with Gasteiger partial charge in [-0.15, -0.1) is 0 Å². The molecule has 2 aromatic rings. The van der Waals surface area contributed by atoms with E-state index in [0.29, 0.717) is 16.7 Å². The number of carbonyl (C=O) groups is 1. The van der Waals surface area contributed by atoms with Crippen LogP contribution in [-0.2, 0) is 0 Å². The third-order valence-corrected chi connectivity index (χ3v) is 4.66. The van der Waals surface area contributed by atoms with Crippen molar-refractivity contribution in [3.05, 3.63) is 46.7 Å². The third kappa shape index (κ3) is 4.27. The highest BCUT2D eigenvalue weighted by molar-refractivity contribution is 6.30. The van der Waals surface area contributed by atoms with Crippen molar-refractivity contribution >= 4 is 29.1 Å². The van der Waals surface area contributed by atoms with Crippen LogP contribution >= 0.6 is 11.6 Å². The van der Waals surface area contributed by atoms with Crippen LogP contribution in [0.4, 0.5) is 11.6 Å². The summed E-state index contributed by atoms with van der Waals surface area (Å²) in [4.78, 5) is 25.5. The van der Waals surface area contributed by atoms with Crippen LogP contribution in [0, 0.1) is 6.92 Å². The van der Waals surface area contributed by atoms with Crippen LogP contribution in [0.3, 0.4) is 0 Å². The first kappa shape index (κ1) is 17.6. The van der Waals surface area contributed by atoms with E-state index in [1.807, 2.05) is 30.0 Å². The van der Waals surface area contributed by atoms with E-state index in [0.717, 1.165) is 44.0 Å². The maximum Gasteiger partial charge on any atom is 0.272 e. The number of hydrogen-bond acceptors (Lipinski definition) is 5. The Kier molecular flexibility index (Phi) is 5.50. The number of carbonyl (C=O) groups excluding carboxylic acids is 1. The predicted molar refractivity (Wildman–Crippen MR) is 99.5 cm³/mol. The fraction of sp³-hybridized carbons (Fsp3) is 0.389. The molecular formula is C18H22ClN5O. The first-order chi connectivity index (χ1) is 12.1. The fourth-order valence-electron chi connectivity index (χ4n) is 2.82. The third-order valence-electron chi connectivity index (χ3n) is 4.43. The molecule has 0 atom stereocenters. The molecule has 25 heavy (non-hydrogen) atoms. The van der Waals surface area contributed by atoms with Crippen LogP contribution in [0.25, 0.3) is 0 Å². The number of likely N-dealkylation sites (N-methyl/N-ethyl adjacent to an activating group) is 1. The van der Waals surface area contributed by atoms with Gasteiger partial charge in [-0.05, 0) is 37.2 Å². The fourth-order valence-corrected chi connectivity index (χ4v) is 2.99. The maximum absolute atomic E-state index is 12.7. The minimum atomic E-state index is -0.0518. The topological polar surface area (TPSA) is 61.4 Å². The van der Waals surface area contributed by atoms with Crippen molar-refractivity contribution in [1.82, 2.24) is 19.8 Å². The molecule has 0 unspecified atom stereocenters. The van der Waals surface area contributed by atoms with E-state index in [1.54, 1.807) is 12.3 Å². The molecule has 0 bridgehead atoms. The van der Waals surface area contributed by atoms with Crippen LogP contribution in [0.15, 0.2) is 30.5 Å². The van der Waals surface area contributed by atoms with Gasteiger partial charge in [0.15, 0.2) is 0 Å². The van der Waals surface area contributed by atoms with Gasteiger partial charge in [0.1, 0.15) is 5.69 Å². The minimum Gasteiger partial charge on any atom is -0.335 e. The number of nitrogens with one attached hydrogen (secondary N) is 1. The van der Waals surface area contributed by atoms with Gasteiger partial charge in [-0.1, -0.05) is 24.6 Å². The second-order valence-corrected chi connectivity index (χ2v) is 6.51. The Morgan fingerprint density at radius 3 is 2.72 bits per heavy atom. The smallest absolute Gasteiger partial charge is 0.272 e. The van der Waals surface area contributed by atoms with E-state index in [9.17, 15) is 4.79 Å². The molecule has 2 heterocycles. The van der Waals surface area contributed by atoms with Crippen LogP contribution < -0.4 is 5.32 Å². The number of rotatable bonds is 4. The van der Waals surface area contributed by atoms with E-state index in [1.165, 1.54) is 0 Å². The zero-order valence-corrected chi connectivity index (χ0v) is 15.3. The van der Waals surface area contributed by atoms with Gasteiger partial charge in [-0.25, -0.2) is 9.97 Å². The second kappa shape index (κ2) is 7.80. The molecule has 7 heteroatoms.